The van der Waals surface area contributed by atoms with Crippen LogP contribution in [0.25, 0.3) is 11.0 Å². The highest BCUT2D eigenvalue weighted by molar-refractivity contribution is 5.81. The number of imidazole rings is 1. The Morgan fingerprint density at radius 3 is 2.96 bits per heavy atom. The zero-order chi connectivity index (χ0) is 15.8. The Hall–Kier alpha value is -1.88. The highest BCUT2D eigenvalue weighted by Gasteiger charge is 2.30. The number of carbonyl (C=O) groups is 1. The first-order valence-electron chi connectivity index (χ1n) is 8.58. The normalized spacial score (nSPS) is 22.4. The Morgan fingerprint density at radius 2 is 2.22 bits per heavy atom. The lowest BCUT2D eigenvalue weighted by atomic mass is 10.1. The van der Waals surface area contributed by atoms with Crippen molar-refractivity contribution in [3.8, 4) is 0 Å². The number of hydrogen-bond acceptors (Lipinski definition) is 3. The summed E-state index contributed by atoms with van der Waals surface area (Å²) in [6.07, 6.45) is 4.63. The number of para-hydroxylation sites is 2. The summed E-state index contributed by atoms with van der Waals surface area (Å²) in [4.78, 5) is 17.2. The second-order valence-corrected chi connectivity index (χ2v) is 6.73. The third kappa shape index (κ3) is 2.98. The van der Waals surface area contributed by atoms with E-state index in [9.17, 15) is 4.79 Å². The molecular weight excluding hydrogens is 290 g/mol. The lowest BCUT2D eigenvalue weighted by molar-refractivity contribution is -0.123. The van der Waals surface area contributed by atoms with Crippen molar-refractivity contribution in [1.82, 2.24) is 14.9 Å². The number of benzene rings is 1. The molecule has 1 aromatic carbocycles. The molecule has 1 aliphatic carbocycles. The minimum absolute atomic E-state index is 0.0399. The number of aromatic nitrogens is 2. The maximum absolute atomic E-state index is 12.5. The molecule has 0 radical (unpaired) electrons. The fourth-order valence-corrected chi connectivity index (χ4v) is 3.45. The van der Waals surface area contributed by atoms with E-state index in [1.165, 1.54) is 12.8 Å². The first-order valence-corrected chi connectivity index (χ1v) is 8.58. The van der Waals surface area contributed by atoms with E-state index in [4.69, 9.17) is 9.72 Å². The maximum atomic E-state index is 12.5. The first kappa shape index (κ1) is 14.7. The van der Waals surface area contributed by atoms with Gasteiger partial charge in [-0.2, -0.15) is 0 Å². The van der Waals surface area contributed by atoms with Gasteiger partial charge in [-0.25, -0.2) is 4.98 Å². The third-order valence-electron chi connectivity index (χ3n) is 4.84. The fraction of sp³-hybridized carbons (Fsp3) is 0.556. The molecule has 1 aliphatic heterocycles. The number of rotatable bonds is 5. The molecule has 2 aliphatic rings. The molecule has 122 valence electrons. The Labute approximate surface area is 136 Å². The van der Waals surface area contributed by atoms with Gasteiger partial charge in [0, 0.05) is 12.5 Å². The van der Waals surface area contributed by atoms with Crippen molar-refractivity contribution in [2.75, 3.05) is 6.61 Å². The number of amides is 1. The molecule has 2 atom stereocenters. The summed E-state index contributed by atoms with van der Waals surface area (Å²) in [5.41, 5.74) is 2.03. The molecule has 5 heteroatoms. The third-order valence-corrected chi connectivity index (χ3v) is 4.84. The van der Waals surface area contributed by atoms with Gasteiger partial charge in [-0.05, 0) is 44.7 Å². The van der Waals surface area contributed by atoms with Crippen LogP contribution in [-0.2, 0) is 16.1 Å². The topological polar surface area (TPSA) is 56.2 Å². The Bertz CT molecular complexity index is 714. The molecule has 5 nitrogen and oxygen atoms in total. The number of carbonyl (C=O) groups excluding carboxylic acids is 1. The number of hydrogen-bond donors (Lipinski definition) is 1. The van der Waals surface area contributed by atoms with Gasteiger partial charge in [0.15, 0.2) is 0 Å². The van der Waals surface area contributed by atoms with E-state index < -0.39 is 0 Å². The molecule has 2 fully saturated rings. The van der Waals surface area contributed by atoms with E-state index in [0.717, 1.165) is 36.3 Å². The van der Waals surface area contributed by atoms with Crippen LogP contribution in [0.5, 0.6) is 0 Å². The van der Waals surface area contributed by atoms with Crippen molar-refractivity contribution in [3.05, 3.63) is 30.1 Å². The number of fused-ring (bicyclic) bond motifs is 1. The van der Waals surface area contributed by atoms with E-state index in [1.54, 1.807) is 0 Å². The molecule has 1 saturated heterocycles. The summed E-state index contributed by atoms with van der Waals surface area (Å²) in [6.45, 7) is 3.17. The van der Waals surface area contributed by atoms with Gasteiger partial charge in [0.2, 0.25) is 5.91 Å². The van der Waals surface area contributed by atoms with Crippen LogP contribution >= 0.6 is 0 Å². The van der Waals surface area contributed by atoms with Crippen molar-refractivity contribution < 1.29 is 9.53 Å². The van der Waals surface area contributed by atoms with Crippen LogP contribution in [0.2, 0.25) is 0 Å². The van der Waals surface area contributed by atoms with Crippen LogP contribution in [0.15, 0.2) is 24.3 Å². The zero-order valence-corrected chi connectivity index (χ0v) is 13.5. The first-order chi connectivity index (χ1) is 11.2. The Kier molecular flexibility index (Phi) is 3.81. The highest BCUT2D eigenvalue weighted by atomic mass is 16.5. The van der Waals surface area contributed by atoms with Crippen molar-refractivity contribution in [2.45, 2.75) is 57.2 Å². The molecular formula is C18H23N3O2. The standard InChI is InChI=1S/C18H23N3O2/c1-12(16-7-4-10-23-16)19-17(22)11-21-15-6-3-2-5-14(15)20-18(21)13-8-9-13/h2-3,5-6,12-13,16H,4,7-11H2,1H3,(H,19,22)/t12-,16-/m0/s1. The highest BCUT2D eigenvalue weighted by Crippen LogP contribution is 2.40. The molecule has 1 amide bonds. The van der Waals surface area contributed by atoms with Crippen molar-refractivity contribution in [1.29, 1.82) is 0 Å². The largest absolute Gasteiger partial charge is 0.376 e. The minimum Gasteiger partial charge on any atom is -0.376 e. The molecule has 23 heavy (non-hydrogen) atoms. The molecule has 2 aromatic rings. The minimum atomic E-state index is 0.0399. The SMILES string of the molecule is C[C@H](NC(=O)Cn1c(C2CC2)nc2ccccc21)[C@@H]1CCCO1. The predicted octanol–water partition coefficient (Wildman–Crippen LogP) is 2.60. The van der Waals surface area contributed by atoms with Crippen LogP contribution in [0.3, 0.4) is 0 Å². The molecule has 0 bridgehead atoms. The number of ether oxygens (including phenoxy) is 1. The van der Waals surface area contributed by atoms with Gasteiger partial charge >= 0.3 is 0 Å². The smallest absolute Gasteiger partial charge is 0.240 e. The van der Waals surface area contributed by atoms with Gasteiger partial charge < -0.3 is 14.6 Å². The zero-order valence-electron chi connectivity index (χ0n) is 13.5. The molecule has 1 saturated carbocycles. The lowest BCUT2D eigenvalue weighted by Crippen LogP contribution is -2.42. The molecule has 0 spiro atoms. The van der Waals surface area contributed by atoms with E-state index >= 15 is 0 Å². The average molecular weight is 313 g/mol. The van der Waals surface area contributed by atoms with Crippen LogP contribution in [-0.4, -0.2) is 34.2 Å². The molecule has 1 N–H and O–H groups in total. The maximum Gasteiger partial charge on any atom is 0.240 e. The molecule has 1 aromatic heterocycles. The average Bonchev–Trinajstić information content (AvgIpc) is 3.10. The number of nitrogens with zero attached hydrogens (tertiary/aromatic N) is 2. The van der Waals surface area contributed by atoms with Crippen LogP contribution in [0, 0.1) is 0 Å². The van der Waals surface area contributed by atoms with E-state index in [0.29, 0.717) is 12.5 Å². The van der Waals surface area contributed by atoms with Gasteiger partial charge in [0.05, 0.1) is 23.2 Å². The monoisotopic (exact) mass is 313 g/mol. The van der Waals surface area contributed by atoms with Gasteiger partial charge in [0.25, 0.3) is 0 Å². The van der Waals surface area contributed by atoms with Gasteiger partial charge in [-0.1, -0.05) is 12.1 Å². The summed E-state index contributed by atoms with van der Waals surface area (Å²) in [5.74, 6) is 1.62. The van der Waals surface area contributed by atoms with Gasteiger partial charge in [-0.15, -0.1) is 0 Å². The quantitative estimate of drug-likeness (QED) is 0.923. The lowest BCUT2D eigenvalue weighted by Gasteiger charge is -2.20. The predicted molar refractivity (Wildman–Crippen MR) is 88.3 cm³/mol. The molecule has 0 unspecified atom stereocenters. The fourth-order valence-electron chi connectivity index (χ4n) is 3.45. The molecule has 4 rings (SSSR count). The molecule has 2 heterocycles. The Balaban J connectivity index is 1.52. The van der Waals surface area contributed by atoms with Crippen LogP contribution in [0.4, 0.5) is 0 Å². The summed E-state index contributed by atoms with van der Waals surface area (Å²) in [7, 11) is 0. The van der Waals surface area contributed by atoms with Crippen molar-refractivity contribution >= 4 is 16.9 Å². The van der Waals surface area contributed by atoms with Gasteiger partial charge in [0.1, 0.15) is 12.4 Å². The summed E-state index contributed by atoms with van der Waals surface area (Å²) >= 11 is 0. The number of nitrogens with one attached hydrogen (secondary N) is 1. The van der Waals surface area contributed by atoms with E-state index in [2.05, 4.69) is 9.88 Å². The summed E-state index contributed by atoms with van der Waals surface area (Å²) < 4.78 is 7.75. The Morgan fingerprint density at radius 1 is 1.39 bits per heavy atom. The van der Waals surface area contributed by atoms with E-state index in [1.807, 2.05) is 31.2 Å². The second-order valence-electron chi connectivity index (χ2n) is 6.73. The van der Waals surface area contributed by atoms with E-state index in [-0.39, 0.29) is 18.1 Å². The van der Waals surface area contributed by atoms with Crippen molar-refractivity contribution in [3.63, 3.8) is 0 Å². The van der Waals surface area contributed by atoms with Gasteiger partial charge in [-0.3, -0.25) is 4.79 Å². The van der Waals surface area contributed by atoms with Crippen molar-refractivity contribution in [2.24, 2.45) is 0 Å². The summed E-state index contributed by atoms with van der Waals surface area (Å²) in [5, 5.41) is 3.10. The summed E-state index contributed by atoms with van der Waals surface area (Å²) in [6, 6.07) is 8.12. The van der Waals surface area contributed by atoms with Crippen LogP contribution in [0.1, 0.15) is 44.3 Å². The second kappa shape index (κ2) is 5.96. The van der Waals surface area contributed by atoms with Crippen LogP contribution < -0.4 is 5.32 Å².